The minimum absolute atomic E-state index is 0.0601. The number of hydrogen-bond acceptors (Lipinski definition) is 4. The van der Waals surface area contributed by atoms with Crippen molar-refractivity contribution in [2.45, 2.75) is 13.0 Å². The largest absolute Gasteiger partial charge is 0.377 e. The number of anilines is 2. The Kier molecular flexibility index (Phi) is 4.40. The number of benzene rings is 2. The van der Waals surface area contributed by atoms with Gasteiger partial charge in [-0.3, -0.25) is 9.71 Å². The average Bonchev–Trinajstić information content (AvgIpc) is 2.54. The summed E-state index contributed by atoms with van der Waals surface area (Å²) >= 11 is 0. The lowest BCUT2D eigenvalue weighted by Gasteiger charge is -2.17. The summed E-state index contributed by atoms with van der Waals surface area (Å²) in [5.41, 5.74) is 3.52. The highest BCUT2D eigenvalue weighted by molar-refractivity contribution is 7.92. The summed E-state index contributed by atoms with van der Waals surface area (Å²) in [5.74, 6) is 0. The molecule has 0 aliphatic rings. The van der Waals surface area contributed by atoms with Crippen molar-refractivity contribution in [1.29, 1.82) is 0 Å². The van der Waals surface area contributed by atoms with Crippen LogP contribution in [0.4, 0.5) is 11.4 Å². The maximum absolute atomic E-state index is 11.3. The Labute approximate surface area is 141 Å². The van der Waals surface area contributed by atoms with Crippen LogP contribution in [0.3, 0.4) is 0 Å². The first kappa shape index (κ1) is 16.3. The van der Waals surface area contributed by atoms with E-state index in [1.54, 1.807) is 18.3 Å². The average molecular weight is 341 g/mol. The van der Waals surface area contributed by atoms with Crippen LogP contribution in [0.15, 0.2) is 60.8 Å². The normalized spacial score (nSPS) is 12.8. The second-order valence-electron chi connectivity index (χ2n) is 5.74. The standard InChI is InChI=1S/C18H19N3O2S/c1-13(14-8-10-16(11-9-14)21-24(2,22)23)20-17-7-3-5-15-6-4-12-19-18(15)17/h3-13,20-21H,1-2H3. The van der Waals surface area contributed by atoms with Crippen molar-refractivity contribution < 1.29 is 8.42 Å². The lowest BCUT2D eigenvalue weighted by molar-refractivity contribution is 0.607. The fourth-order valence-electron chi connectivity index (χ4n) is 2.59. The molecule has 1 atom stereocenters. The topological polar surface area (TPSA) is 71.1 Å². The van der Waals surface area contributed by atoms with Gasteiger partial charge >= 0.3 is 0 Å². The molecule has 0 saturated heterocycles. The quantitative estimate of drug-likeness (QED) is 0.741. The number of nitrogens with zero attached hydrogens (tertiary/aromatic N) is 1. The minimum atomic E-state index is -3.26. The lowest BCUT2D eigenvalue weighted by Crippen LogP contribution is -2.10. The van der Waals surface area contributed by atoms with E-state index in [0.29, 0.717) is 5.69 Å². The highest BCUT2D eigenvalue weighted by atomic mass is 32.2. The van der Waals surface area contributed by atoms with Gasteiger partial charge in [0, 0.05) is 23.3 Å². The van der Waals surface area contributed by atoms with Gasteiger partial charge in [0.2, 0.25) is 10.0 Å². The Bertz CT molecular complexity index is 948. The van der Waals surface area contributed by atoms with Crippen LogP contribution < -0.4 is 10.0 Å². The van der Waals surface area contributed by atoms with Gasteiger partial charge in [0.1, 0.15) is 0 Å². The van der Waals surface area contributed by atoms with Gasteiger partial charge in [-0.2, -0.15) is 0 Å². The molecule has 24 heavy (non-hydrogen) atoms. The van der Waals surface area contributed by atoms with E-state index >= 15 is 0 Å². The zero-order valence-electron chi connectivity index (χ0n) is 13.5. The molecule has 0 aliphatic carbocycles. The third kappa shape index (κ3) is 3.83. The van der Waals surface area contributed by atoms with E-state index in [0.717, 1.165) is 28.4 Å². The van der Waals surface area contributed by atoms with Crippen LogP contribution in [0.1, 0.15) is 18.5 Å². The predicted molar refractivity (Wildman–Crippen MR) is 98.7 cm³/mol. The van der Waals surface area contributed by atoms with Crippen molar-refractivity contribution in [1.82, 2.24) is 4.98 Å². The van der Waals surface area contributed by atoms with Crippen LogP contribution in [0.25, 0.3) is 10.9 Å². The first-order valence-corrected chi connectivity index (χ1v) is 9.49. The van der Waals surface area contributed by atoms with Crippen molar-refractivity contribution in [2.75, 3.05) is 16.3 Å². The molecule has 0 amide bonds. The van der Waals surface area contributed by atoms with Crippen LogP contribution >= 0.6 is 0 Å². The molecule has 0 bridgehead atoms. The molecule has 0 radical (unpaired) electrons. The van der Waals surface area contributed by atoms with E-state index in [4.69, 9.17) is 0 Å². The molecule has 0 aliphatic heterocycles. The van der Waals surface area contributed by atoms with Crippen molar-refractivity contribution >= 4 is 32.3 Å². The van der Waals surface area contributed by atoms with Crippen molar-refractivity contribution in [2.24, 2.45) is 0 Å². The lowest BCUT2D eigenvalue weighted by atomic mass is 10.1. The molecular formula is C18H19N3O2S. The van der Waals surface area contributed by atoms with Gasteiger partial charge in [-0.05, 0) is 36.8 Å². The molecule has 1 unspecified atom stereocenters. The molecule has 3 aromatic rings. The van der Waals surface area contributed by atoms with Crippen molar-refractivity contribution in [3.63, 3.8) is 0 Å². The number of sulfonamides is 1. The van der Waals surface area contributed by atoms with Gasteiger partial charge in [-0.1, -0.05) is 30.3 Å². The van der Waals surface area contributed by atoms with E-state index in [9.17, 15) is 8.42 Å². The van der Waals surface area contributed by atoms with Crippen LogP contribution in [-0.2, 0) is 10.0 Å². The summed E-state index contributed by atoms with van der Waals surface area (Å²) in [4.78, 5) is 4.44. The van der Waals surface area contributed by atoms with Crippen LogP contribution in [-0.4, -0.2) is 19.7 Å². The molecule has 1 heterocycles. The van der Waals surface area contributed by atoms with E-state index in [-0.39, 0.29) is 6.04 Å². The monoisotopic (exact) mass is 341 g/mol. The number of rotatable bonds is 5. The summed E-state index contributed by atoms with van der Waals surface area (Å²) in [5, 5.41) is 4.55. The Morgan fingerprint density at radius 2 is 1.71 bits per heavy atom. The summed E-state index contributed by atoms with van der Waals surface area (Å²) in [6.45, 7) is 2.06. The number of fused-ring (bicyclic) bond motifs is 1. The minimum Gasteiger partial charge on any atom is -0.377 e. The predicted octanol–water partition coefficient (Wildman–Crippen LogP) is 3.78. The molecule has 124 valence electrons. The molecule has 0 saturated carbocycles. The number of aromatic nitrogens is 1. The third-order valence-corrected chi connectivity index (χ3v) is 4.33. The Hall–Kier alpha value is -2.60. The number of hydrogen-bond donors (Lipinski definition) is 2. The van der Waals surface area contributed by atoms with Gasteiger partial charge in [0.25, 0.3) is 0 Å². The SMILES string of the molecule is CC(Nc1cccc2cccnc12)c1ccc(NS(C)(=O)=O)cc1. The Morgan fingerprint density at radius 1 is 1.00 bits per heavy atom. The van der Waals surface area contributed by atoms with Gasteiger partial charge < -0.3 is 5.32 Å². The molecule has 6 heteroatoms. The Balaban J connectivity index is 1.80. The second kappa shape index (κ2) is 6.49. The summed E-state index contributed by atoms with van der Waals surface area (Å²) < 4.78 is 25.0. The zero-order chi connectivity index (χ0) is 17.2. The van der Waals surface area contributed by atoms with Crippen molar-refractivity contribution in [3.8, 4) is 0 Å². The molecule has 1 aromatic heterocycles. The van der Waals surface area contributed by atoms with Gasteiger partial charge in [0.05, 0.1) is 17.5 Å². The first-order chi connectivity index (χ1) is 11.4. The number of pyridine rings is 1. The summed E-state index contributed by atoms with van der Waals surface area (Å²) in [7, 11) is -3.26. The van der Waals surface area contributed by atoms with Gasteiger partial charge in [0.15, 0.2) is 0 Å². The Morgan fingerprint density at radius 3 is 2.42 bits per heavy atom. The maximum atomic E-state index is 11.3. The number of nitrogens with one attached hydrogen (secondary N) is 2. The molecule has 3 rings (SSSR count). The zero-order valence-corrected chi connectivity index (χ0v) is 14.3. The first-order valence-electron chi connectivity index (χ1n) is 7.60. The van der Waals surface area contributed by atoms with Crippen LogP contribution in [0, 0.1) is 0 Å². The van der Waals surface area contributed by atoms with Crippen molar-refractivity contribution in [3.05, 3.63) is 66.4 Å². The molecule has 2 aromatic carbocycles. The highest BCUT2D eigenvalue weighted by Crippen LogP contribution is 2.26. The fourth-order valence-corrected chi connectivity index (χ4v) is 3.16. The molecule has 0 spiro atoms. The van der Waals surface area contributed by atoms with E-state index in [1.165, 1.54) is 0 Å². The highest BCUT2D eigenvalue weighted by Gasteiger charge is 2.09. The van der Waals surface area contributed by atoms with E-state index in [2.05, 4.69) is 21.9 Å². The molecule has 2 N–H and O–H groups in total. The van der Waals surface area contributed by atoms with Crippen LogP contribution in [0.2, 0.25) is 0 Å². The van der Waals surface area contributed by atoms with Gasteiger partial charge in [-0.15, -0.1) is 0 Å². The maximum Gasteiger partial charge on any atom is 0.229 e. The summed E-state index contributed by atoms with van der Waals surface area (Å²) in [6.07, 6.45) is 2.92. The van der Waals surface area contributed by atoms with E-state index < -0.39 is 10.0 Å². The third-order valence-electron chi connectivity index (χ3n) is 3.72. The van der Waals surface area contributed by atoms with Crippen LogP contribution in [0.5, 0.6) is 0 Å². The molecule has 0 fully saturated rings. The van der Waals surface area contributed by atoms with Gasteiger partial charge in [-0.25, -0.2) is 8.42 Å². The second-order valence-corrected chi connectivity index (χ2v) is 7.49. The smallest absolute Gasteiger partial charge is 0.229 e. The van der Waals surface area contributed by atoms with E-state index in [1.807, 2.05) is 42.5 Å². The summed E-state index contributed by atoms with van der Waals surface area (Å²) in [6, 6.07) is 17.4. The number of para-hydroxylation sites is 1. The molecule has 5 nitrogen and oxygen atoms in total. The molecular weight excluding hydrogens is 322 g/mol. The fraction of sp³-hybridized carbons (Fsp3) is 0.167.